The van der Waals surface area contributed by atoms with Crippen LogP contribution in [0.4, 0.5) is 0 Å². The topological polar surface area (TPSA) is 175 Å². The first kappa shape index (κ1) is 82.3. The number of allylic oxidation sites excluding steroid dienone is 17. The number of carbonyl (C=O) groups excluding carboxylic acids is 2. The molecule has 1 rings (SSSR count). The van der Waals surface area contributed by atoms with Gasteiger partial charge in [0.05, 0.1) is 25.4 Å². The lowest BCUT2D eigenvalue weighted by Gasteiger charge is -2.41. The molecule has 0 radical (unpaired) electrons. The van der Waals surface area contributed by atoms with Crippen LogP contribution in [-0.4, -0.2) is 99.6 Å². The van der Waals surface area contributed by atoms with Crippen molar-refractivity contribution in [2.45, 2.75) is 352 Å². The highest BCUT2D eigenvalue weighted by atomic mass is 16.7. The van der Waals surface area contributed by atoms with Gasteiger partial charge in [0, 0.05) is 6.42 Å². The van der Waals surface area contributed by atoms with E-state index in [4.69, 9.17) is 14.2 Å². The second-order valence-corrected chi connectivity index (χ2v) is 24.6. The third-order valence-corrected chi connectivity index (χ3v) is 16.4. The highest BCUT2D eigenvalue weighted by Crippen LogP contribution is 2.26. The van der Waals surface area contributed by atoms with Crippen molar-refractivity contribution in [3.8, 4) is 0 Å². The Labute approximate surface area is 538 Å². The molecule has 1 aliphatic heterocycles. The van der Waals surface area contributed by atoms with Crippen molar-refractivity contribution in [3.63, 3.8) is 0 Å². The quantitative estimate of drug-likeness (QED) is 0.0195. The highest BCUT2D eigenvalue weighted by Gasteiger charge is 2.47. The lowest BCUT2D eigenvalue weighted by molar-refractivity contribution is -0.305. The SMILES string of the molecule is CC/C=C\C/C=C\C/C=C\C/C=C\C/C=C\C/C=C\CCCCCCCCC(=O)OC1C(OCC(NC(=O)C(O)CCCCCCCCCCCCCC/C=C\C/C=C\CCCCC)C(O)/C=C/CCCCCCCCCCCC)OC(CO)C(O)C1O. The molecule has 0 aromatic rings. The number of unbranched alkanes of at least 4 members (excludes halogenated alkanes) is 31. The predicted octanol–water partition coefficient (Wildman–Crippen LogP) is 18.8. The second kappa shape index (κ2) is 63.5. The Morgan fingerprint density at radius 3 is 1.25 bits per heavy atom. The van der Waals surface area contributed by atoms with Crippen molar-refractivity contribution in [2.75, 3.05) is 13.2 Å². The van der Waals surface area contributed by atoms with Crippen LogP contribution in [0, 0.1) is 0 Å². The first-order valence-electron chi connectivity index (χ1n) is 36.2. The minimum Gasteiger partial charge on any atom is -0.454 e. The number of carbonyl (C=O) groups is 2. The summed E-state index contributed by atoms with van der Waals surface area (Å²) < 4.78 is 17.7. The molecule has 1 amide bonds. The predicted molar refractivity (Wildman–Crippen MR) is 370 cm³/mol. The Morgan fingerprint density at radius 1 is 0.455 bits per heavy atom. The van der Waals surface area contributed by atoms with Gasteiger partial charge >= 0.3 is 5.97 Å². The maximum Gasteiger partial charge on any atom is 0.306 e. The summed E-state index contributed by atoms with van der Waals surface area (Å²) >= 11 is 0. The number of hydrogen-bond donors (Lipinski definition) is 6. The summed E-state index contributed by atoms with van der Waals surface area (Å²) in [6.07, 6.45) is 76.9. The van der Waals surface area contributed by atoms with Crippen LogP contribution in [0.15, 0.2) is 109 Å². The summed E-state index contributed by atoms with van der Waals surface area (Å²) in [5.74, 6) is -1.21. The van der Waals surface area contributed by atoms with Crippen molar-refractivity contribution >= 4 is 11.9 Å². The zero-order valence-electron chi connectivity index (χ0n) is 56.3. The van der Waals surface area contributed by atoms with E-state index in [1.54, 1.807) is 6.08 Å². The van der Waals surface area contributed by atoms with Gasteiger partial charge in [-0.15, -0.1) is 0 Å². The minimum absolute atomic E-state index is 0.101. The third kappa shape index (κ3) is 50.0. The Kier molecular flexibility index (Phi) is 59.4. The van der Waals surface area contributed by atoms with Gasteiger partial charge in [-0.3, -0.25) is 9.59 Å². The lowest BCUT2D eigenvalue weighted by Crippen LogP contribution is -2.61. The van der Waals surface area contributed by atoms with E-state index in [-0.39, 0.29) is 19.4 Å². The molecule has 0 bridgehead atoms. The van der Waals surface area contributed by atoms with Gasteiger partial charge in [0.15, 0.2) is 12.4 Å². The van der Waals surface area contributed by atoms with Gasteiger partial charge in [0.25, 0.3) is 0 Å². The molecule has 0 saturated carbocycles. The Bertz CT molecular complexity index is 1850. The molecule has 8 atom stereocenters. The third-order valence-electron chi connectivity index (χ3n) is 16.4. The Hall–Kier alpha value is -3.68. The maximum atomic E-state index is 13.5. The molecule has 0 aliphatic carbocycles. The number of hydrogen-bond acceptors (Lipinski definition) is 10. The highest BCUT2D eigenvalue weighted by molar-refractivity contribution is 5.80. The fourth-order valence-corrected chi connectivity index (χ4v) is 10.7. The number of nitrogens with one attached hydrogen (secondary N) is 1. The van der Waals surface area contributed by atoms with Gasteiger partial charge in [0.2, 0.25) is 5.91 Å². The fourth-order valence-electron chi connectivity index (χ4n) is 10.7. The summed E-state index contributed by atoms with van der Waals surface area (Å²) in [5, 5.41) is 57.3. The summed E-state index contributed by atoms with van der Waals surface area (Å²) in [4.78, 5) is 26.7. The first-order valence-corrected chi connectivity index (χ1v) is 36.2. The van der Waals surface area contributed by atoms with E-state index in [1.807, 2.05) is 6.08 Å². The van der Waals surface area contributed by atoms with Crippen LogP contribution in [0.3, 0.4) is 0 Å². The molecule has 1 aliphatic rings. The number of ether oxygens (including phenoxy) is 3. The van der Waals surface area contributed by atoms with Crippen LogP contribution >= 0.6 is 0 Å². The number of amides is 1. The van der Waals surface area contributed by atoms with Gasteiger partial charge < -0.3 is 45.1 Å². The van der Waals surface area contributed by atoms with Crippen molar-refractivity contribution in [2.24, 2.45) is 0 Å². The fraction of sp³-hybridized carbons (Fsp3) is 0.740. The van der Waals surface area contributed by atoms with Gasteiger partial charge in [0.1, 0.15) is 24.4 Å². The van der Waals surface area contributed by atoms with Gasteiger partial charge in [-0.25, -0.2) is 0 Å². The average Bonchev–Trinajstić information content (AvgIpc) is 2.54. The van der Waals surface area contributed by atoms with E-state index in [9.17, 15) is 35.1 Å². The van der Waals surface area contributed by atoms with Crippen molar-refractivity contribution in [1.82, 2.24) is 5.32 Å². The van der Waals surface area contributed by atoms with Gasteiger partial charge in [-0.1, -0.05) is 297 Å². The second-order valence-electron chi connectivity index (χ2n) is 24.6. The average molecular weight is 1230 g/mol. The van der Waals surface area contributed by atoms with Crippen molar-refractivity contribution in [3.05, 3.63) is 109 Å². The molecule has 11 nitrogen and oxygen atoms in total. The van der Waals surface area contributed by atoms with Crippen LogP contribution in [0.25, 0.3) is 0 Å². The Morgan fingerprint density at radius 2 is 0.818 bits per heavy atom. The molecule has 1 heterocycles. The number of aliphatic hydroxyl groups is 5. The molecular weight excluding hydrogens is 1100 g/mol. The smallest absolute Gasteiger partial charge is 0.306 e. The standard InChI is InChI=1S/C77H133NO10/c1-4-7-10-13-16-19-22-25-27-29-31-33-35-36-37-39-41-43-45-47-50-53-56-59-62-65-72(82)88-75-74(84)73(83)71(66-79)87-77(75)86-67-68(69(80)63-60-57-54-51-48-24-21-18-15-12-9-6-3)78-76(85)70(81)64-61-58-55-52-49-46-44-42-40-38-34-32-30-28-26-23-20-17-14-11-8-5-2/h7,10,16-17,19-20,25-28,31,33,36-37,41,43,60,63,68-71,73-75,77,79-81,83-84H,4-6,8-9,11-15,18,21-24,29-30,32,34-35,38-40,42,44-59,61-62,64-67H2,1-3H3,(H,78,85)/b10-7-,19-16-,20-17-,27-25-,28-26-,33-31-,37-36-,43-41-,63-60+. The van der Waals surface area contributed by atoms with E-state index in [2.05, 4.69) is 123 Å². The van der Waals surface area contributed by atoms with Crippen molar-refractivity contribution < 1.29 is 49.3 Å². The zero-order chi connectivity index (χ0) is 63.9. The van der Waals surface area contributed by atoms with Crippen molar-refractivity contribution in [1.29, 1.82) is 0 Å². The Balaban J connectivity index is 2.58. The summed E-state index contributed by atoms with van der Waals surface area (Å²) in [6, 6.07) is -1.03. The molecule has 6 N–H and O–H groups in total. The molecule has 0 aromatic heterocycles. The largest absolute Gasteiger partial charge is 0.454 e. The van der Waals surface area contributed by atoms with E-state index >= 15 is 0 Å². The molecule has 1 fully saturated rings. The van der Waals surface area contributed by atoms with Crippen LogP contribution in [0.2, 0.25) is 0 Å². The molecule has 1 saturated heterocycles. The van der Waals surface area contributed by atoms with E-state index < -0.39 is 67.4 Å². The minimum atomic E-state index is -1.63. The summed E-state index contributed by atoms with van der Waals surface area (Å²) in [7, 11) is 0. The van der Waals surface area contributed by atoms with Crippen LogP contribution < -0.4 is 5.32 Å². The van der Waals surface area contributed by atoms with Crippen LogP contribution in [0.5, 0.6) is 0 Å². The van der Waals surface area contributed by atoms with E-state index in [0.29, 0.717) is 12.8 Å². The zero-order valence-corrected chi connectivity index (χ0v) is 56.3. The van der Waals surface area contributed by atoms with Gasteiger partial charge in [-0.2, -0.15) is 0 Å². The van der Waals surface area contributed by atoms with Gasteiger partial charge in [-0.05, 0) is 109 Å². The van der Waals surface area contributed by atoms with Crippen LogP contribution in [-0.2, 0) is 23.8 Å². The lowest BCUT2D eigenvalue weighted by atomic mass is 9.99. The normalized spacial score (nSPS) is 18.8. The molecule has 0 aromatic carbocycles. The molecule has 0 spiro atoms. The first-order chi connectivity index (χ1) is 43.2. The number of esters is 1. The molecule has 506 valence electrons. The van der Waals surface area contributed by atoms with Crippen LogP contribution in [0.1, 0.15) is 303 Å². The van der Waals surface area contributed by atoms with E-state index in [0.717, 1.165) is 122 Å². The number of aliphatic hydroxyl groups excluding tert-OH is 5. The monoisotopic (exact) mass is 1230 g/mol. The van der Waals surface area contributed by atoms with E-state index in [1.165, 1.54) is 135 Å². The summed E-state index contributed by atoms with van der Waals surface area (Å²) in [5.41, 5.74) is 0. The molecule has 88 heavy (non-hydrogen) atoms. The number of rotatable bonds is 61. The molecular formula is C77H133NO10. The molecule has 11 heteroatoms. The molecule has 8 unspecified atom stereocenters. The maximum absolute atomic E-state index is 13.5. The summed E-state index contributed by atoms with van der Waals surface area (Å²) in [6.45, 7) is 5.67.